The van der Waals surface area contributed by atoms with Crippen LogP contribution >= 0.6 is 11.3 Å². The molecule has 4 rings (SSSR count). The second-order valence-electron chi connectivity index (χ2n) is 6.07. The first-order valence-corrected chi connectivity index (χ1v) is 9.47. The van der Waals surface area contributed by atoms with Crippen LogP contribution in [0.25, 0.3) is 0 Å². The molecule has 3 aromatic rings. The zero-order valence-corrected chi connectivity index (χ0v) is 16.1. The fourth-order valence-corrected chi connectivity index (χ4v) is 3.62. The molecule has 9 heteroatoms. The maximum atomic E-state index is 14.1. The number of fused-ring (bicyclic) bond motifs is 1. The first-order valence-electron chi connectivity index (χ1n) is 8.59. The minimum absolute atomic E-state index is 0.0905. The Morgan fingerprint density at radius 1 is 1.21 bits per heavy atom. The van der Waals surface area contributed by atoms with Gasteiger partial charge in [-0.05, 0) is 30.3 Å². The van der Waals surface area contributed by atoms with E-state index in [-0.39, 0.29) is 30.1 Å². The highest BCUT2D eigenvalue weighted by Crippen LogP contribution is 2.33. The molecule has 0 N–H and O–H groups in total. The zero-order chi connectivity index (χ0) is 20.4. The van der Waals surface area contributed by atoms with Gasteiger partial charge in [-0.1, -0.05) is 12.1 Å². The molecule has 2 aromatic carbocycles. The van der Waals surface area contributed by atoms with Crippen LogP contribution in [0.5, 0.6) is 11.5 Å². The normalized spacial score (nSPS) is 11.9. The first-order chi connectivity index (χ1) is 14.0. The highest BCUT2D eigenvalue weighted by molar-refractivity contribution is 7.14. The fraction of sp³-hybridized carbons (Fsp3) is 0.150. The van der Waals surface area contributed by atoms with Gasteiger partial charge in [0.15, 0.2) is 16.6 Å². The Morgan fingerprint density at radius 3 is 2.79 bits per heavy atom. The molecule has 1 aliphatic rings. The molecule has 0 fully saturated rings. The minimum Gasteiger partial charge on any atom is -0.456 e. The molecule has 148 valence electrons. The molecule has 0 saturated heterocycles. The van der Waals surface area contributed by atoms with E-state index < -0.39 is 11.8 Å². The Bertz CT molecular complexity index is 1080. The molecule has 0 aliphatic carbocycles. The van der Waals surface area contributed by atoms with Gasteiger partial charge in [-0.3, -0.25) is 9.69 Å². The first kappa shape index (κ1) is 18.9. The summed E-state index contributed by atoms with van der Waals surface area (Å²) in [6.07, 6.45) is 0. The van der Waals surface area contributed by atoms with Crippen molar-refractivity contribution in [2.75, 3.05) is 11.7 Å². The van der Waals surface area contributed by atoms with Crippen LogP contribution in [0.4, 0.5) is 15.2 Å². The predicted molar refractivity (Wildman–Crippen MR) is 103 cm³/mol. The number of carbonyl (C=O) groups excluding carboxylic acids is 2. The average molecular weight is 414 g/mol. The van der Waals surface area contributed by atoms with Gasteiger partial charge >= 0.3 is 5.97 Å². The van der Waals surface area contributed by atoms with E-state index in [0.29, 0.717) is 22.8 Å². The van der Waals surface area contributed by atoms with Gasteiger partial charge in [0.1, 0.15) is 12.4 Å². The van der Waals surface area contributed by atoms with E-state index in [1.807, 2.05) is 0 Å². The number of thiazole rings is 1. The summed E-state index contributed by atoms with van der Waals surface area (Å²) in [5.41, 5.74) is 0.876. The number of rotatable bonds is 5. The van der Waals surface area contributed by atoms with Crippen molar-refractivity contribution in [3.63, 3.8) is 0 Å². The number of benzene rings is 2. The summed E-state index contributed by atoms with van der Waals surface area (Å²) >= 11 is 1.15. The SMILES string of the molecule is CC(=O)N(c1nc(COC(=O)c2ccc3c(c2)OCO3)cs1)c1ccccc1F. The average Bonchev–Trinajstić information content (AvgIpc) is 3.36. The van der Waals surface area contributed by atoms with Crippen molar-refractivity contribution in [2.24, 2.45) is 0 Å². The van der Waals surface area contributed by atoms with Crippen LogP contribution in [0.15, 0.2) is 47.8 Å². The van der Waals surface area contributed by atoms with Gasteiger partial charge in [-0.15, -0.1) is 11.3 Å². The van der Waals surface area contributed by atoms with E-state index >= 15 is 0 Å². The van der Waals surface area contributed by atoms with Crippen molar-refractivity contribution < 1.29 is 28.2 Å². The fourth-order valence-electron chi connectivity index (χ4n) is 2.75. The number of carbonyl (C=O) groups is 2. The lowest BCUT2D eigenvalue weighted by Crippen LogP contribution is -2.23. The Labute approximate surface area is 169 Å². The Hall–Kier alpha value is -3.46. The number of hydrogen-bond acceptors (Lipinski definition) is 7. The van der Waals surface area contributed by atoms with E-state index in [1.54, 1.807) is 35.7 Å². The number of halogens is 1. The third-order valence-electron chi connectivity index (χ3n) is 4.10. The van der Waals surface area contributed by atoms with Crippen LogP contribution in [0, 0.1) is 5.82 Å². The minimum atomic E-state index is -0.546. The van der Waals surface area contributed by atoms with Crippen LogP contribution in [0.2, 0.25) is 0 Å². The van der Waals surface area contributed by atoms with Gasteiger partial charge in [-0.25, -0.2) is 14.2 Å². The molecular weight excluding hydrogens is 399 g/mol. The molecule has 1 amide bonds. The lowest BCUT2D eigenvalue weighted by atomic mass is 10.2. The third kappa shape index (κ3) is 3.90. The molecule has 1 aliphatic heterocycles. The van der Waals surface area contributed by atoms with Crippen molar-refractivity contribution in [2.45, 2.75) is 13.5 Å². The molecule has 0 spiro atoms. The van der Waals surface area contributed by atoms with Crippen LogP contribution in [0.1, 0.15) is 23.0 Å². The van der Waals surface area contributed by atoms with Crippen LogP contribution in [0.3, 0.4) is 0 Å². The summed E-state index contributed by atoms with van der Waals surface area (Å²) in [6.45, 7) is 1.35. The Kier molecular flexibility index (Phi) is 5.13. The van der Waals surface area contributed by atoms with E-state index in [4.69, 9.17) is 14.2 Å². The molecule has 0 unspecified atom stereocenters. The van der Waals surface area contributed by atoms with Crippen molar-refractivity contribution in [1.29, 1.82) is 0 Å². The molecular formula is C20H15FN2O5S. The Balaban J connectivity index is 1.47. The number of nitrogens with zero attached hydrogens (tertiary/aromatic N) is 2. The second-order valence-corrected chi connectivity index (χ2v) is 6.91. The lowest BCUT2D eigenvalue weighted by Gasteiger charge is -2.18. The van der Waals surface area contributed by atoms with Crippen LogP contribution in [-0.4, -0.2) is 23.7 Å². The molecule has 0 atom stereocenters. The monoisotopic (exact) mass is 414 g/mol. The molecule has 7 nitrogen and oxygen atoms in total. The van der Waals surface area contributed by atoms with Gasteiger partial charge < -0.3 is 14.2 Å². The summed E-state index contributed by atoms with van der Waals surface area (Å²) in [7, 11) is 0. The number of amides is 1. The topological polar surface area (TPSA) is 78.0 Å². The predicted octanol–water partition coefficient (Wildman–Crippen LogP) is 4.05. The molecule has 0 saturated carbocycles. The van der Waals surface area contributed by atoms with E-state index in [0.717, 1.165) is 11.3 Å². The largest absolute Gasteiger partial charge is 0.456 e. The second kappa shape index (κ2) is 7.88. The number of aromatic nitrogens is 1. The number of esters is 1. The van der Waals surface area contributed by atoms with Gasteiger partial charge in [-0.2, -0.15) is 0 Å². The molecule has 0 radical (unpaired) electrons. The maximum Gasteiger partial charge on any atom is 0.338 e. The van der Waals surface area contributed by atoms with Crippen molar-refractivity contribution in [3.8, 4) is 11.5 Å². The third-order valence-corrected chi connectivity index (χ3v) is 4.97. The summed E-state index contributed by atoms with van der Waals surface area (Å²) in [4.78, 5) is 29.8. The zero-order valence-electron chi connectivity index (χ0n) is 15.3. The molecule has 0 bridgehead atoms. The molecule has 29 heavy (non-hydrogen) atoms. The number of hydrogen-bond donors (Lipinski definition) is 0. The van der Waals surface area contributed by atoms with E-state index in [9.17, 15) is 14.0 Å². The van der Waals surface area contributed by atoms with Gasteiger partial charge in [0.2, 0.25) is 12.7 Å². The summed E-state index contributed by atoms with van der Waals surface area (Å²) in [6, 6.07) is 10.7. The van der Waals surface area contributed by atoms with Crippen molar-refractivity contribution in [1.82, 2.24) is 4.98 Å². The standard InChI is InChI=1S/C20H15FN2O5S/c1-12(24)23(16-5-3-2-4-15(16)21)20-22-14(10-29-20)9-26-19(25)13-6-7-17-18(8-13)28-11-27-17/h2-8,10H,9,11H2,1H3. The van der Waals surface area contributed by atoms with Crippen LogP contribution in [-0.2, 0) is 16.1 Å². The summed E-state index contributed by atoms with van der Waals surface area (Å²) in [5, 5.41) is 1.94. The number of anilines is 2. The molecule has 1 aromatic heterocycles. The number of para-hydroxylation sites is 1. The Morgan fingerprint density at radius 2 is 2.00 bits per heavy atom. The van der Waals surface area contributed by atoms with Crippen molar-refractivity contribution >= 4 is 34.0 Å². The highest BCUT2D eigenvalue weighted by atomic mass is 32.1. The summed E-state index contributed by atoms with van der Waals surface area (Å²) < 4.78 is 29.9. The van der Waals surface area contributed by atoms with Gasteiger partial charge in [0.05, 0.1) is 16.9 Å². The van der Waals surface area contributed by atoms with Gasteiger partial charge in [0, 0.05) is 12.3 Å². The highest BCUT2D eigenvalue weighted by Gasteiger charge is 2.22. The maximum absolute atomic E-state index is 14.1. The molecule has 2 heterocycles. The van der Waals surface area contributed by atoms with Crippen LogP contribution < -0.4 is 14.4 Å². The quantitative estimate of drug-likeness (QED) is 0.586. The smallest absolute Gasteiger partial charge is 0.338 e. The lowest BCUT2D eigenvalue weighted by molar-refractivity contribution is -0.115. The van der Waals surface area contributed by atoms with E-state index in [2.05, 4.69) is 4.98 Å². The number of ether oxygens (including phenoxy) is 3. The van der Waals surface area contributed by atoms with Crippen molar-refractivity contribution in [3.05, 3.63) is 64.9 Å². The van der Waals surface area contributed by atoms with E-state index in [1.165, 1.54) is 24.0 Å². The van der Waals surface area contributed by atoms with Gasteiger partial charge in [0.25, 0.3) is 0 Å². The summed E-state index contributed by atoms with van der Waals surface area (Å²) in [5.74, 6) is -0.405.